The molecule has 0 bridgehead atoms. The Morgan fingerprint density at radius 3 is 2.06 bits per heavy atom. The number of hydrogen-bond acceptors (Lipinski definition) is 3. The van der Waals surface area contributed by atoms with E-state index in [4.69, 9.17) is 0 Å². The maximum atomic E-state index is 13.2. The van der Waals surface area contributed by atoms with Gasteiger partial charge in [-0.1, -0.05) is 6.07 Å². The van der Waals surface area contributed by atoms with Crippen molar-refractivity contribution in [2.24, 2.45) is 0 Å². The molecule has 0 saturated carbocycles. The third-order valence-electron chi connectivity index (χ3n) is 2.59. The smallest absolute Gasteiger partial charge is 0.372 e. The molecule has 1 atom stereocenters. The molecule has 0 aliphatic carbocycles. The van der Waals surface area contributed by atoms with E-state index < -0.39 is 11.8 Å². The van der Waals surface area contributed by atoms with Gasteiger partial charge in [0.05, 0.1) is 0 Å². The first-order valence-electron chi connectivity index (χ1n) is 5.06. The fourth-order valence-electron chi connectivity index (χ4n) is 1.66. The van der Waals surface area contributed by atoms with Gasteiger partial charge in [-0.25, -0.2) is 0 Å². The van der Waals surface area contributed by atoms with Gasteiger partial charge >= 0.3 is 6.18 Å². The minimum absolute atomic E-state index is 0.294. The predicted octanol–water partition coefficient (Wildman–Crippen LogP) is 2.27. The van der Waals surface area contributed by atoms with E-state index in [2.05, 4.69) is 9.97 Å². The number of halogens is 3. The summed E-state index contributed by atoms with van der Waals surface area (Å²) in [6, 6.07) is 4.77. The summed E-state index contributed by atoms with van der Waals surface area (Å²) in [6.07, 6.45) is -0.122. The van der Waals surface area contributed by atoms with Crippen molar-refractivity contribution in [3.05, 3.63) is 60.2 Å². The van der Waals surface area contributed by atoms with Crippen molar-refractivity contribution in [1.29, 1.82) is 0 Å². The van der Waals surface area contributed by atoms with E-state index in [9.17, 15) is 18.3 Å². The van der Waals surface area contributed by atoms with Crippen molar-refractivity contribution in [2.75, 3.05) is 0 Å². The second kappa shape index (κ2) is 4.38. The largest absolute Gasteiger partial charge is 0.425 e. The number of aliphatic hydroxyl groups is 1. The first kappa shape index (κ1) is 12.5. The summed E-state index contributed by atoms with van der Waals surface area (Å²) in [7, 11) is 0. The highest BCUT2D eigenvalue weighted by atomic mass is 19.4. The van der Waals surface area contributed by atoms with Crippen molar-refractivity contribution >= 4 is 0 Å². The Morgan fingerprint density at radius 1 is 0.889 bits per heavy atom. The standard InChI is InChI=1S/C12H9F3N2O/c13-12(14,15)11(18,9-3-6-16-7-4-9)10-2-1-5-17-8-10/h1-8,18H. The van der Waals surface area contributed by atoms with Crippen LogP contribution in [-0.2, 0) is 5.60 Å². The molecule has 0 amide bonds. The zero-order valence-electron chi connectivity index (χ0n) is 9.09. The summed E-state index contributed by atoms with van der Waals surface area (Å²) in [5, 5.41) is 10.1. The molecule has 1 unspecified atom stereocenters. The minimum Gasteiger partial charge on any atom is -0.372 e. The van der Waals surface area contributed by atoms with E-state index in [1.807, 2.05) is 0 Å². The van der Waals surface area contributed by atoms with Gasteiger partial charge in [0.2, 0.25) is 5.60 Å². The Kier molecular flexibility index (Phi) is 3.04. The fraction of sp³-hybridized carbons (Fsp3) is 0.167. The molecule has 0 aliphatic heterocycles. The van der Waals surface area contributed by atoms with Crippen LogP contribution in [0.4, 0.5) is 13.2 Å². The van der Waals surface area contributed by atoms with Gasteiger partial charge in [-0.3, -0.25) is 9.97 Å². The lowest BCUT2D eigenvalue weighted by Gasteiger charge is -2.30. The van der Waals surface area contributed by atoms with Crippen molar-refractivity contribution in [2.45, 2.75) is 11.8 Å². The number of alkyl halides is 3. The van der Waals surface area contributed by atoms with Crippen molar-refractivity contribution in [3.63, 3.8) is 0 Å². The van der Waals surface area contributed by atoms with Gasteiger partial charge in [0.1, 0.15) is 0 Å². The van der Waals surface area contributed by atoms with Crippen LogP contribution in [0.3, 0.4) is 0 Å². The van der Waals surface area contributed by atoms with Crippen LogP contribution in [0.5, 0.6) is 0 Å². The maximum absolute atomic E-state index is 13.2. The average Bonchev–Trinajstić information content (AvgIpc) is 2.38. The van der Waals surface area contributed by atoms with Gasteiger partial charge in [-0.05, 0) is 18.2 Å². The predicted molar refractivity (Wildman–Crippen MR) is 57.5 cm³/mol. The maximum Gasteiger partial charge on any atom is 0.425 e. The van der Waals surface area contributed by atoms with Crippen molar-refractivity contribution in [1.82, 2.24) is 9.97 Å². The molecular weight excluding hydrogens is 245 g/mol. The van der Waals surface area contributed by atoms with Crippen LogP contribution in [0.1, 0.15) is 11.1 Å². The molecule has 0 aromatic carbocycles. The van der Waals surface area contributed by atoms with Crippen LogP contribution in [0, 0.1) is 0 Å². The van der Waals surface area contributed by atoms with Crippen molar-refractivity contribution in [3.8, 4) is 0 Å². The van der Waals surface area contributed by atoms with E-state index in [1.165, 1.54) is 30.7 Å². The van der Waals surface area contributed by atoms with Crippen LogP contribution in [-0.4, -0.2) is 21.3 Å². The Morgan fingerprint density at radius 2 is 1.56 bits per heavy atom. The zero-order valence-corrected chi connectivity index (χ0v) is 9.09. The van der Waals surface area contributed by atoms with Crippen LogP contribution < -0.4 is 0 Å². The first-order valence-corrected chi connectivity index (χ1v) is 5.06. The highest BCUT2D eigenvalue weighted by Crippen LogP contribution is 2.43. The number of rotatable bonds is 2. The molecule has 0 radical (unpaired) electrons. The van der Waals surface area contributed by atoms with E-state index in [0.717, 1.165) is 18.3 Å². The lowest BCUT2D eigenvalue weighted by atomic mass is 9.87. The molecule has 0 aliphatic rings. The van der Waals surface area contributed by atoms with Crippen LogP contribution in [0.2, 0.25) is 0 Å². The Hall–Kier alpha value is -1.95. The van der Waals surface area contributed by atoms with Crippen molar-refractivity contribution < 1.29 is 18.3 Å². The number of aromatic nitrogens is 2. The van der Waals surface area contributed by atoms with E-state index in [-0.39, 0.29) is 11.1 Å². The minimum atomic E-state index is -4.85. The van der Waals surface area contributed by atoms with Gasteiger partial charge in [0.25, 0.3) is 0 Å². The molecule has 1 N–H and O–H groups in total. The lowest BCUT2D eigenvalue weighted by Crippen LogP contribution is -2.43. The summed E-state index contributed by atoms with van der Waals surface area (Å²) >= 11 is 0. The van der Waals surface area contributed by atoms with Gasteiger partial charge < -0.3 is 5.11 Å². The quantitative estimate of drug-likeness (QED) is 0.894. The van der Waals surface area contributed by atoms with E-state index in [1.54, 1.807) is 0 Å². The molecule has 18 heavy (non-hydrogen) atoms. The summed E-state index contributed by atoms with van der Waals surface area (Å²) in [4.78, 5) is 7.25. The molecule has 2 aromatic rings. The molecule has 2 rings (SSSR count). The fourth-order valence-corrected chi connectivity index (χ4v) is 1.66. The average molecular weight is 254 g/mol. The Labute approximate surface area is 101 Å². The molecule has 0 saturated heterocycles. The zero-order chi connectivity index (χ0) is 13.2. The third-order valence-corrected chi connectivity index (χ3v) is 2.59. The van der Waals surface area contributed by atoms with Gasteiger partial charge in [0.15, 0.2) is 0 Å². The second-order valence-electron chi connectivity index (χ2n) is 3.69. The monoisotopic (exact) mass is 254 g/mol. The topological polar surface area (TPSA) is 46.0 Å². The molecule has 6 heteroatoms. The normalized spacial score (nSPS) is 15.1. The summed E-state index contributed by atoms with van der Waals surface area (Å²) in [5.41, 5.74) is -3.70. The molecule has 2 aromatic heterocycles. The second-order valence-corrected chi connectivity index (χ2v) is 3.69. The SMILES string of the molecule is OC(c1ccncc1)(c1cccnc1)C(F)(F)F. The summed E-state index contributed by atoms with van der Waals surface area (Å²) in [6.45, 7) is 0. The highest BCUT2D eigenvalue weighted by molar-refractivity contribution is 5.35. The van der Waals surface area contributed by atoms with Gasteiger partial charge in [-0.15, -0.1) is 0 Å². The molecule has 0 spiro atoms. The third kappa shape index (κ3) is 1.95. The van der Waals surface area contributed by atoms with E-state index in [0.29, 0.717) is 0 Å². The number of nitrogens with zero attached hydrogens (tertiary/aromatic N) is 2. The molecule has 0 fully saturated rings. The lowest BCUT2D eigenvalue weighted by molar-refractivity contribution is -0.248. The van der Waals surface area contributed by atoms with Gasteiger partial charge in [0, 0.05) is 35.9 Å². The summed E-state index contributed by atoms with van der Waals surface area (Å²) < 4.78 is 39.5. The van der Waals surface area contributed by atoms with E-state index >= 15 is 0 Å². The Bertz CT molecular complexity index is 474. The molecule has 94 valence electrons. The highest BCUT2D eigenvalue weighted by Gasteiger charge is 2.56. The first-order chi connectivity index (χ1) is 8.46. The molecular formula is C12H9F3N2O. The van der Waals surface area contributed by atoms with Crippen LogP contribution in [0.25, 0.3) is 0 Å². The number of hydrogen-bond donors (Lipinski definition) is 1. The van der Waals surface area contributed by atoms with Crippen LogP contribution in [0.15, 0.2) is 49.1 Å². The van der Waals surface area contributed by atoms with Crippen LogP contribution >= 0.6 is 0 Å². The Balaban J connectivity index is 2.63. The summed E-state index contributed by atoms with van der Waals surface area (Å²) in [5.74, 6) is 0. The van der Waals surface area contributed by atoms with Gasteiger partial charge in [-0.2, -0.15) is 13.2 Å². The number of pyridine rings is 2. The molecule has 3 nitrogen and oxygen atoms in total. The molecule has 2 heterocycles.